The van der Waals surface area contributed by atoms with Crippen molar-refractivity contribution in [1.82, 2.24) is 4.98 Å². The number of halogens is 1. The van der Waals surface area contributed by atoms with Gasteiger partial charge in [0.2, 0.25) is 0 Å². The molecule has 0 bridgehead atoms. The maximum atomic E-state index is 14.2. The quantitative estimate of drug-likeness (QED) is 0.791. The molecule has 4 nitrogen and oxygen atoms in total. The Morgan fingerprint density at radius 2 is 2.09 bits per heavy atom. The lowest BCUT2D eigenvalue weighted by molar-refractivity contribution is 0.102. The van der Waals surface area contributed by atoms with Crippen LogP contribution in [0.15, 0.2) is 54.7 Å². The summed E-state index contributed by atoms with van der Waals surface area (Å²) < 4.78 is 19.4. The summed E-state index contributed by atoms with van der Waals surface area (Å²) in [5.41, 5.74) is 1.33. The molecule has 0 radical (unpaired) electrons. The lowest BCUT2D eigenvalue weighted by Gasteiger charge is -2.10. The van der Waals surface area contributed by atoms with E-state index in [1.165, 1.54) is 12.1 Å². The zero-order chi connectivity index (χ0) is 16.2. The van der Waals surface area contributed by atoms with Crippen molar-refractivity contribution in [3.05, 3.63) is 66.1 Å². The molecule has 3 rings (SSSR count). The second-order valence-corrected chi connectivity index (χ2v) is 4.92. The number of pyridine rings is 1. The molecule has 116 valence electrons. The number of benzene rings is 2. The van der Waals surface area contributed by atoms with E-state index in [-0.39, 0.29) is 17.3 Å². The number of nitrogens with zero attached hydrogens (tertiary/aromatic N) is 1. The molecule has 1 heterocycles. The van der Waals surface area contributed by atoms with Crippen molar-refractivity contribution < 1.29 is 13.9 Å². The lowest BCUT2D eigenvalue weighted by Crippen LogP contribution is -2.13. The first-order valence-electron chi connectivity index (χ1n) is 7.26. The number of nitrogens with one attached hydrogen (secondary N) is 1. The van der Waals surface area contributed by atoms with Crippen molar-refractivity contribution in [3.8, 4) is 5.75 Å². The van der Waals surface area contributed by atoms with Gasteiger partial charge in [0, 0.05) is 17.1 Å². The van der Waals surface area contributed by atoms with Gasteiger partial charge in [0.25, 0.3) is 5.91 Å². The molecule has 0 saturated carbocycles. The highest BCUT2D eigenvalue weighted by atomic mass is 19.1. The highest BCUT2D eigenvalue weighted by molar-refractivity contribution is 6.06. The summed E-state index contributed by atoms with van der Waals surface area (Å²) in [6, 6.07) is 13.5. The van der Waals surface area contributed by atoms with Crippen LogP contribution in [0.2, 0.25) is 0 Å². The third kappa shape index (κ3) is 3.13. The maximum Gasteiger partial charge on any atom is 0.255 e. The van der Waals surface area contributed by atoms with Crippen LogP contribution in [0, 0.1) is 5.82 Å². The SMILES string of the molecule is CCOc1cccc(NC(=O)c2ccc3ncccc3c2)c1F. The number of amides is 1. The Morgan fingerprint density at radius 1 is 1.22 bits per heavy atom. The molecule has 0 spiro atoms. The number of anilines is 1. The van der Waals surface area contributed by atoms with Crippen molar-refractivity contribution in [2.45, 2.75) is 6.92 Å². The van der Waals surface area contributed by atoms with Crippen molar-refractivity contribution >= 4 is 22.5 Å². The van der Waals surface area contributed by atoms with E-state index in [1.807, 2.05) is 6.07 Å². The summed E-state index contributed by atoms with van der Waals surface area (Å²) in [6.45, 7) is 2.12. The Kier molecular flexibility index (Phi) is 4.19. The van der Waals surface area contributed by atoms with Gasteiger partial charge in [-0.2, -0.15) is 0 Å². The molecule has 0 unspecified atom stereocenters. The molecule has 3 aromatic rings. The van der Waals surface area contributed by atoms with Crippen LogP contribution in [-0.2, 0) is 0 Å². The smallest absolute Gasteiger partial charge is 0.255 e. The highest BCUT2D eigenvalue weighted by Crippen LogP contribution is 2.25. The van der Waals surface area contributed by atoms with E-state index in [0.717, 1.165) is 10.9 Å². The van der Waals surface area contributed by atoms with E-state index in [9.17, 15) is 9.18 Å². The molecule has 0 aliphatic heterocycles. The van der Waals surface area contributed by atoms with E-state index < -0.39 is 5.82 Å². The average Bonchev–Trinajstić information content (AvgIpc) is 2.58. The number of ether oxygens (including phenoxy) is 1. The van der Waals surface area contributed by atoms with Crippen LogP contribution in [0.4, 0.5) is 10.1 Å². The molecular formula is C18H15FN2O2. The summed E-state index contributed by atoms with van der Waals surface area (Å²) in [7, 11) is 0. The molecule has 1 amide bonds. The summed E-state index contributed by atoms with van der Waals surface area (Å²) in [5, 5.41) is 3.43. The second kappa shape index (κ2) is 6.44. The zero-order valence-corrected chi connectivity index (χ0v) is 12.5. The minimum Gasteiger partial charge on any atom is -0.491 e. The Balaban J connectivity index is 1.87. The number of aromatic nitrogens is 1. The van der Waals surface area contributed by atoms with Crippen LogP contribution < -0.4 is 10.1 Å². The van der Waals surface area contributed by atoms with E-state index in [2.05, 4.69) is 10.3 Å². The second-order valence-electron chi connectivity index (χ2n) is 4.92. The minimum atomic E-state index is -0.579. The largest absolute Gasteiger partial charge is 0.491 e. The first kappa shape index (κ1) is 15.0. The molecule has 1 N–H and O–H groups in total. The normalized spacial score (nSPS) is 10.5. The fourth-order valence-corrected chi connectivity index (χ4v) is 2.29. The molecule has 5 heteroatoms. The van der Waals surface area contributed by atoms with Crippen LogP contribution in [0.25, 0.3) is 10.9 Å². The molecular weight excluding hydrogens is 295 g/mol. The van der Waals surface area contributed by atoms with Crippen LogP contribution in [0.5, 0.6) is 5.75 Å². The lowest BCUT2D eigenvalue weighted by atomic mass is 10.1. The summed E-state index contributed by atoms with van der Waals surface area (Å²) in [5.74, 6) is -0.846. The van der Waals surface area contributed by atoms with E-state index in [4.69, 9.17) is 4.74 Å². The summed E-state index contributed by atoms with van der Waals surface area (Å²) >= 11 is 0. The van der Waals surface area contributed by atoms with Gasteiger partial charge in [0.1, 0.15) is 0 Å². The van der Waals surface area contributed by atoms with Gasteiger partial charge < -0.3 is 10.1 Å². The standard InChI is InChI=1S/C18H15FN2O2/c1-2-23-16-7-3-6-15(17(16)19)21-18(22)13-8-9-14-12(11-13)5-4-10-20-14/h3-11H,2H2,1H3,(H,21,22). The Bertz CT molecular complexity index is 865. The van der Waals surface area contributed by atoms with Crippen LogP contribution in [0.1, 0.15) is 17.3 Å². The van der Waals surface area contributed by atoms with Gasteiger partial charge in [0.15, 0.2) is 11.6 Å². The fraction of sp³-hybridized carbons (Fsp3) is 0.111. The third-order valence-corrected chi connectivity index (χ3v) is 3.38. The van der Waals surface area contributed by atoms with Gasteiger partial charge in [-0.3, -0.25) is 9.78 Å². The molecule has 23 heavy (non-hydrogen) atoms. The number of hydrogen-bond acceptors (Lipinski definition) is 3. The van der Waals surface area contributed by atoms with Crippen molar-refractivity contribution in [3.63, 3.8) is 0 Å². The number of fused-ring (bicyclic) bond motifs is 1. The summed E-state index contributed by atoms with van der Waals surface area (Å²) in [6.07, 6.45) is 1.69. The molecule has 0 fully saturated rings. The fourth-order valence-electron chi connectivity index (χ4n) is 2.29. The molecule has 2 aromatic carbocycles. The van der Waals surface area contributed by atoms with Gasteiger partial charge in [-0.15, -0.1) is 0 Å². The van der Waals surface area contributed by atoms with Crippen molar-refractivity contribution in [1.29, 1.82) is 0 Å². The number of carbonyl (C=O) groups is 1. The number of carbonyl (C=O) groups excluding carboxylic acids is 1. The van der Waals surface area contributed by atoms with Gasteiger partial charge >= 0.3 is 0 Å². The van der Waals surface area contributed by atoms with E-state index in [0.29, 0.717) is 12.2 Å². The monoisotopic (exact) mass is 310 g/mol. The zero-order valence-electron chi connectivity index (χ0n) is 12.5. The average molecular weight is 310 g/mol. The molecule has 0 aliphatic rings. The van der Waals surface area contributed by atoms with Crippen LogP contribution in [-0.4, -0.2) is 17.5 Å². The topological polar surface area (TPSA) is 51.2 Å². The minimum absolute atomic E-state index is 0.0900. The van der Waals surface area contributed by atoms with E-state index in [1.54, 1.807) is 43.5 Å². The first-order valence-corrected chi connectivity index (χ1v) is 7.26. The highest BCUT2D eigenvalue weighted by Gasteiger charge is 2.13. The number of hydrogen-bond donors (Lipinski definition) is 1. The predicted molar refractivity (Wildman–Crippen MR) is 87.3 cm³/mol. The number of rotatable bonds is 4. The molecule has 1 aromatic heterocycles. The first-order chi connectivity index (χ1) is 11.2. The Hall–Kier alpha value is -2.95. The molecule has 0 atom stereocenters. The molecule has 0 aliphatic carbocycles. The molecule has 0 saturated heterocycles. The van der Waals surface area contributed by atoms with E-state index >= 15 is 0 Å². The Morgan fingerprint density at radius 3 is 2.91 bits per heavy atom. The predicted octanol–water partition coefficient (Wildman–Crippen LogP) is 4.02. The van der Waals surface area contributed by atoms with Crippen molar-refractivity contribution in [2.24, 2.45) is 0 Å². The Labute approximate surface area is 132 Å². The van der Waals surface area contributed by atoms with Gasteiger partial charge in [-0.05, 0) is 43.3 Å². The van der Waals surface area contributed by atoms with Crippen LogP contribution in [0.3, 0.4) is 0 Å². The van der Waals surface area contributed by atoms with Gasteiger partial charge in [-0.25, -0.2) is 4.39 Å². The van der Waals surface area contributed by atoms with Gasteiger partial charge in [0.05, 0.1) is 17.8 Å². The van der Waals surface area contributed by atoms with Crippen LogP contribution >= 0.6 is 0 Å². The van der Waals surface area contributed by atoms with Gasteiger partial charge in [-0.1, -0.05) is 12.1 Å². The maximum absolute atomic E-state index is 14.2. The third-order valence-electron chi connectivity index (χ3n) is 3.38. The summed E-state index contributed by atoms with van der Waals surface area (Å²) in [4.78, 5) is 16.5. The van der Waals surface area contributed by atoms with Crippen molar-refractivity contribution in [2.75, 3.05) is 11.9 Å².